The van der Waals surface area contributed by atoms with Crippen LogP contribution in [0, 0.1) is 35.0 Å². The maximum atomic E-state index is 12.7. The Morgan fingerprint density at radius 1 is 1.29 bits per heavy atom. The van der Waals surface area contributed by atoms with E-state index in [1.165, 1.54) is 26.4 Å². The van der Waals surface area contributed by atoms with Crippen molar-refractivity contribution < 1.29 is 19.4 Å². The molecule has 21 heavy (non-hydrogen) atoms. The molecule has 4 aliphatic rings. The third-order valence-corrected chi connectivity index (χ3v) is 6.56. The molecule has 5 nitrogen and oxygen atoms in total. The minimum Gasteiger partial charge on any atom is -0.481 e. The lowest BCUT2D eigenvalue weighted by Gasteiger charge is -2.24. The van der Waals surface area contributed by atoms with Gasteiger partial charge in [-0.2, -0.15) is 0 Å². The number of ether oxygens (including phenoxy) is 1. The number of methoxy groups -OCH3 is 1. The molecule has 5 atom stereocenters. The molecule has 4 fully saturated rings. The number of fused-ring (bicyclic) bond motifs is 5. The number of likely N-dealkylation sites (tertiary alicyclic amines) is 1. The molecule has 1 N–H and O–H groups in total. The van der Waals surface area contributed by atoms with E-state index in [1.807, 2.05) is 0 Å². The van der Waals surface area contributed by atoms with Gasteiger partial charge in [0.25, 0.3) is 0 Å². The zero-order chi connectivity index (χ0) is 14.8. The van der Waals surface area contributed by atoms with Gasteiger partial charge >= 0.3 is 5.97 Å². The van der Waals surface area contributed by atoms with Crippen LogP contribution in [0.2, 0.25) is 0 Å². The summed E-state index contributed by atoms with van der Waals surface area (Å²) in [6, 6.07) is 0. The second-order valence-electron chi connectivity index (χ2n) is 7.54. The summed E-state index contributed by atoms with van der Waals surface area (Å²) in [5, 5.41) is 9.49. The summed E-state index contributed by atoms with van der Waals surface area (Å²) in [6.45, 7) is 1.08. The molecular formula is C16H23NO4. The number of carboxylic acids is 1. The van der Waals surface area contributed by atoms with Crippen LogP contribution in [0.25, 0.3) is 0 Å². The number of carboxylic acid groups (broad SMARTS) is 1. The molecule has 4 rings (SSSR count). The van der Waals surface area contributed by atoms with Crippen LogP contribution in [0.4, 0.5) is 0 Å². The van der Waals surface area contributed by atoms with E-state index in [4.69, 9.17) is 4.74 Å². The van der Waals surface area contributed by atoms with E-state index in [9.17, 15) is 14.7 Å². The Kier molecular flexibility index (Phi) is 2.87. The van der Waals surface area contributed by atoms with Crippen molar-refractivity contribution in [2.75, 3.05) is 26.8 Å². The summed E-state index contributed by atoms with van der Waals surface area (Å²) in [7, 11) is 1.53. The lowest BCUT2D eigenvalue weighted by atomic mass is 9.88. The molecule has 0 aromatic heterocycles. The third kappa shape index (κ3) is 1.79. The Morgan fingerprint density at radius 3 is 2.52 bits per heavy atom. The van der Waals surface area contributed by atoms with Crippen LogP contribution in [-0.4, -0.2) is 48.7 Å². The predicted octanol–water partition coefficient (Wildman–Crippen LogP) is 1.23. The zero-order valence-electron chi connectivity index (χ0n) is 12.5. The highest BCUT2D eigenvalue weighted by Crippen LogP contribution is 2.69. The Balaban J connectivity index is 1.44. The zero-order valence-corrected chi connectivity index (χ0v) is 12.5. The van der Waals surface area contributed by atoms with Gasteiger partial charge in [-0.25, -0.2) is 0 Å². The molecule has 0 aromatic rings. The van der Waals surface area contributed by atoms with Gasteiger partial charge in [0.1, 0.15) is 5.41 Å². The molecule has 0 spiro atoms. The number of amides is 1. The highest BCUT2D eigenvalue weighted by molar-refractivity contribution is 5.85. The van der Waals surface area contributed by atoms with E-state index >= 15 is 0 Å². The van der Waals surface area contributed by atoms with Crippen LogP contribution in [-0.2, 0) is 14.3 Å². The quantitative estimate of drug-likeness (QED) is 0.846. The fraction of sp³-hybridized carbons (Fsp3) is 0.875. The van der Waals surface area contributed by atoms with Gasteiger partial charge in [-0.3, -0.25) is 9.59 Å². The SMILES string of the molecule is COCC1(C(=O)O)CCN(C(=O)C2C3C4CCC(C4)C23)C1. The maximum absolute atomic E-state index is 12.7. The van der Waals surface area contributed by atoms with Gasteiger partial charge in [0.05, 0.1) is 6.61 Å². The molecule has 3 aliphatic carbocycles. The van der Waals surface area contributed by atoms with Crippen molar-refractivity contribution in [1.29, 1.82) is 0 Å². The van der Waals surface area contributed by atoms with Crippen LogP contribution in [0.15, 0.2) is 0 Å². The van der Waals surface area contributed by atoms with Gasteiger partial charge < -0.3 is 14.7 Å². The number of aliphatic carboxylic acids is 1. The summed E-state index contributed by atoms with van der Waals surface area (Å²) >= 11 is 0. The fourth-order valence-corrected chi connectivity index (χ4v) is 5.56. The third-order valence-electron chi connectivity index (χ3n) is 6.56. The number of hydrogen-bond donors (Lipinski definition) is 1. The number of rotatable bonds is 4. The monoisotopic (exact) mass is 293 g/mol. The van der Waals surface area contributed by atoms with Crippen molar-refractivity contribution in [2.24, 2.45) is 35.0 Å². The summed E-state index contributed by atoms with van der Waals surface area (Å²) in [4.78, 5) is 26.1. The molecular weight excluding hydrogens is 270 g/mol. The maximum Gasteiger partial charge on any atom is 0.313 e. The van der Waals surface area contributed by atoms with E-state index in [0.717, 1.165) is 11.8 Å². The van der Waals surface area contributed by atoms with E-state index in [1.54, 1.807) is 4.90 Å². The minimum atomic E-state index is -0.895. The van der Waals surface area contributed by atoms with Gasteiger partial charge in [0.15, 0.2) is 0 Å². The van der Waals surface area contributed by atoms with Crippen molar-refractivity contribution in [1.82, 2.24) is 4.90 Å². The Labute approximate surface area is 124 Å². The topological polar surface area (TPSA) is 66.8 Å². The van der Waals surface area contributed by atoms with Crippen molar-refractivity contribution in [2.45, 2.75) is 25.7 Å². The number of carbonyl (C=O) groups is 2. The largest absolute Gasteiger partial charge is 0.481 e. The van der Waals surface area contributed by atoms with Crippen LogP contribution >= 0.6 is 0 Å². The van der Waals surface area contributed by atoms with Crippen molar-refractivity contribution in [3.8, 4) is 0 Å². The second kappa shape index (κ2) is 4.45. The van der Waals surface area contributed by atoms with Gasteiger partial charge in [0, 0.05) is 26.1 Å². The second-order valence-corrected chi connectivity index (χ2v) is 7.54. The molecule has 3 saturated carbocycles. The van der Waals surface area contributed by atoms with Gasteiger partial charge in [-0.05, 0) is 49.4 Å². The van der Waals surface area contributed by atoms with E-state index < -0.39 is 11.4 Å². The molecule has 0 aromatic carbocycles. The summed E-state index contributed by atoms with van der Waals surface area (Å²) in [6.07, 6.45) is 4.45. The lowest BCUT2D eigenvalue weighted by Crippen LogP contribution is -2.41. The summed E-state index contributed by atoms with van der Waals surface area (Å²) in [5.74, 6) is 2.40. The first-order chi connectivity index (χ1) is 10.1. The first-order valence-corrected chi connectivity index (χ1v) is 8.08. The Hall–Kier alpha value is -1.10. The molecule has 1 amide bonds. The summed E-state index contributed by atoms with van der Waals surface area (Å²) < 4.78 is 5.09. The first-order valence-electron chi connectivity index (χ1n) is 8.08. The van der Waals surface area contributed by atoms with Crippen molar-refractivity contribution in [3.05, 3.63) is 0 Å². The number of hydrogen-bond acceptors (Lipinski definition) is 3. The Bertz CT molecular complexity index is 477. The average molecular weight is 293 g/mol. The molecule has 1 saturated heterocycles. The first kappa shape index (κ1) is 13.6. The smallest absolute Gasteiger partial charge is 0.313 e. The fourth-order valence-electron chi connectivity index (χ4n) is 5.56. The molecule has 2 bridgehead atoms. The molecule has 1 heterocycles. The van der Waals surface area contributed by atoms with E-state index in [0.29, 0.717) is 31.3 Å². The standard InChI is InChI=1S/C16H23NO4/c1-21-8-16(15(19)20)4-5-17(7-16)14(18)13-11-9-2-3-10(6-9)12(11)13/h9-13H,2-8H2,1H3,(H,19,20). The lowest BCUT2D eigenvalue weighted by molar-refractivity contribution is -0.151. The molecule has 5 heteroatoms. The molecule has 1 aliphatic heterocycles. The van der Waals surface area contributed by atoms with Crippen LogP contribution in [0.3, 0.4) is 0 Å². The molecule has 0 radical (unpaired) electrons. The van der Waals surface area contributed by atoms with Gasteiger partial charge in [-0.1, -0.05) is 0 Å². The van der Waals surface area contributed by atoms with Crippen LogP contribution in [0.1, 0.15) is 25.7 Å². The van der Waals surface area contributed by atoms with Crippen molar-refractivity contribution >= 4 is 11.9 Å². The van der Waals surface area contributed by atoms with Gasteiger partial charge in [0.2, 0.25) is 5.91 Å². The number of carbonyl (C=O) groups excluding carboxylic acids is 1. The Morgan fingerprint density at radius 2 is 1.95 bits per heavy atom. The van der Waals surface area contributed by atoms with Crippen molar-refractivity contribution in [3.63, 3.8) is 0 Å². The highest BCUT2D eigenvalue weighted by atomic mass is 16.5. The number of nitrogens with zero attached hydrogens (tertiary/aromatic N) is 1. The van der Waals surface area contributed by atoms with Crippen LogP contribution in [0.5, 0.6) is 0 Å². The van der Waals surface area contributed by atoms with E-state index in [2.05, 4.69) is 0 Å². The predicted molar refractivity (Wildman–Crippen MR) is 74.4 cm³/mol. The normalized spacial score (nSPS) is 46.7. The average Bonchev–Trinajstić information content (AvgIpc) is 2.83. The molecule has 116 valence electrons. The minimum absolute atomic E-state index is 0.189. The van der Waals surface area contributed by atoms with Gasteiger partial charge in [-0.15, -0.1) is 0 Å². The summed E-state index contributed by atoms with van der Waals surface area (Å²) in [5.41, 5.74) is -0.895. The van der Waals surface area contributed by atoms with Crippen LogP contribution < -0.4 is 0 Å². The molecule has 5 unspecified atom stereocenters. The highest BCUT2D eigenvalue weighted by Gasteiger charge is 2.68. The van der Waals surface area contributed by atoms with E-state index in [-0.39, 0.29) is 18.4 Å².